The van der Waals surface area contributed by atoms with E-state index in [1.807, 2.05) is 174 Å². The van der Waals surface area contributed by atoms with Crippen molar-refractivity contribution in [2.75, 3.05) is 14.7 Å². The lowest BCUT2D eigenvalue weighted by molar-refractivity contribution is -0.112. The summed E-state index contributed by atoms with van der Waals surface area (Å²) >= 11 is 10.8. The maximum absolute atomic E-state index is 13.6. The normalized spacial score (nSPS) is 15.2. The zero-order valence-corrected chi connectivity index (χ0v) is 41.5. The van der Waals surface area contributed by atoms with Gasteiger partial charge in [0.1, 0.15) is 23.0 Å². The smallest absolute Gasteiger partial charge is 0.274 e. The van der Waals surface area contributed by atoms with E-state index in [0.717, 1.165) is 67.6 Å². The van der Waals surface area contributed by atoms with E-state index in [1.165, 1.54) is 29.0 Å². The summed E-state index contributed by atoms with van der Waals surface area (Å²) in [6.07, 6.45) is 0. The minimum Gasteiger partial charge on any atom is -0.274 e. The third-order valence-electron chi connectivity index (χ3n) is 11.5. The lowest BCUT2D eigenvalue weighted by atomic mass is 10.1. The van der Waals surface area contributed by atoms with Gasteiger partial charge in [0.25, 0.3) is 17.7 Å². The number of benzene rings is 6. The molecule has 71 heavy (non-hydrogen) atoms. The van der Waals surface area contributed by atoms with Gasteiger partial charge >= 0.3 is 0 Å². The SMILES string of the molecule is Cc1cc(Cl)cc(N=C2C(=O)N(c3ccsc3)c3ccccc32)c1.Cc1cc(F)cc(N=C2C(=O)N(c3ccsc3)c3ccccc32)c1.Cc1ccc(N=C2C(=O)N(c3ccsc3)c3ccccc32)cc1. The second-order valence-electron chi connectivity index (χ2n) is 16.6. The van der Waals surface area contributed by atoms with Crippen molar-refractivity contribution >= 4 is 132 Å². The van der Waals surface area contributed by atoms with Crippen LogP contribution in [0.15, 0.2) is 199 Å². The van der Waals surface area contributed by atoms with E-state index in [4.69, 9.17) is 11.6 Å². The molecule has 0 saturated carbocycles. The van der Waals surface area contributed by atoms with E-state index in [1.54, 1.807) is 56.4 Å². The number of hydrogen-bond donors (Lipinski definition) is 0. The van der Waals surface area contributed by atoms with E-state index in [2.05, 4.69) is 15.0 Å². The lowest BCUT2D eigenvalue weighted by Crippen LogP contribution is -2.24. The fourth-order valence-electron chi connectivity index (χ4n) is 8.41. The van der Waals surface area contributed by atoms with Gasteiger partial charge in [-0.2, -0.15) is 34.0 Å². The number of aliphatic imine (C=N–C) groups is 3. The number of hydrogen-bond acceptors (Lipinski definition) is 9. The van der Waals surface area contributed by atoms with E-state index in [9.17, 15) is 18.8 Å². The molecule has 9 aromatic rings. The number of halogens is 2. The highest BCUT2D eigenvalue weighted by atomic mass is 35.5. The number of aryl methyl sites for hydroxylation is 3. The monoisotopic (exact) mass is 1010 g/mol. The molecule has 6 aromatic carbocycles. The van der Waals surface area contributed by atoms with Crippen LogP contribution in [0.1, 0.15) is 33.4 Å². The van der Waals surface area contributed by atoms with E-state index >= 15 is 0 Å². The Morgan fingerprint density at radius 3 is 1.18 bits per heavy atom. The zero-order chi connectivity index (χ0) is 49.2. The van der Waals surface area contributed by atoms with Gasteiger partial charge in [0.05, 0.1) is 51.2 Å². The van der Waals surface area contributed by atoms with Crippen LogP contribution in [-0.4, -0.2) is 34.9 Å². The standard InChI is InChI=1S/C19H13ClN2OS.C19H13FN2OS.C19H14N2OS/c2*1-12-8-13(20)10-14(9-12)21-18-16-4-2-3-5-17(16)22(19(18)23)15-6-7-24-11-15;1-13-6-8-14(9-7-13)20-18-16-4-2-3-5-17(16)21(19(18)22)15-10-11-23-12-15/h2*2-11H,1H3;2-12H,1H3. The third-order valence-corrected chi connectivity index (χ3v) is 13.8. The van der Waals surface area contributed by atoms with E-state index < -0.39 is 0 Å². The molecule has 12 rings (SSSR count). The highest BCUT2D eigenvalue weighted by Gasteiger charge is 2.37. The van der Waals surface area contributed by atoms with Crippen LogP contribution in [0.4, 0.5) is 55.6 Å². The predicted octanol–water partition coefficient (Wildman–Crippen LogP) is 15.4. The van der Waals surface area contributed by atoms with Crippen molar-refractivity contribution in [3.8, 4) is 0 Å². The number of nitrogens with zero attached hydrogens (tertiary/aromatic N) is 6. The quantitative estimate of drug-likeness (QED) is 0.166. The molecule has 0 saturated heterocycles. The molecule has 0 fully saturated rings. The molecular formula is C57H40ClFN6O3S3. The number of thiophene rings is 3. The van der Waals surface area contributed by atoms with Crippen molar-refractivity contribution in [1.29, 1.82) is 0 Å². The zero-order valence-electron chi connectivity index (χ0n) is 38.3. The van der Waals surface area contributed by atoms with Crippen LogP contribution >= 0.6 is 45.6 Å². The van der Waals surface area contributed by atoms with Gasteiger partial charge in [0.2, 0.25) is 0 Å². The summed E-state index contributed by atoms with van der Waals surface area (Å²) in [7, 11) is 0. The Kier molecular flexibility index (Phi) is 13.3. The Bertz CT molecular complexity index is 3370. The Labute approximate surface area is 426 Å². The molecule has 0 unspecified atom stereocenters. The van der Waals surface area contributed by atoms with Gasteiger partial charge < -0.3 is 0 Å². The number of para-hydroxylation sites is 3. The lowest BCUT2D eigenvalue weighted by Gasteiger charge is -2.14. The average Bonchev–Trinajstić information content (AvgIpc) is 4.24. The molecule has 3 amide bonds. The first-order valence-corrected chi connectivity index (χ1v) is 25.5. The number of carbonyl (C=O) groups excluding carboxylic acids is 3. The fourth-order valence-corrected chi connectivity index (χ4v) is 10.6. The second-order valence-corrected chi connectivity index (χ2v) is 19.4. The molecule has 9 nitrogen and oxygen atoms in total. The van der Waals surface area contributed by atoms with Crippen LogP contribution in [0.5, 0.6) is 0 Å². The van der Waals surface area contributed by atoms with Gasteiger partial charge in [-0.05, 0) is 133 Å². The predicted molar refractivity (Wildman–Crippen MR) is 291 cm³/mol. The first-order chi connectivity index (χ1) is 34.5. The molecule has 0 aliphatic carbocycles. The van der Waals surface area contributed by atoms with Gasteiger partial charge in [0.15, 0.2) is 0 Å². The number of carbonyl (C=O) groups is 3. The van der Waals surface area contributed by atoms with Crippen molar-refractivity contribution in [3.63, 3.8) is 0 Å². The summed E-state index contributed by atoms with van der Waals surface area (Å²) in [6, 6.07) is 46.8. The van der Waals surface area contributed by atoms with Crippen LogP contribution in [0.25, 0.3) is 0 Å². The Morgan fingerprint density at radius 1 is 0.423 bits per heavy atom. The summed E-state index contributed by atoms with van der Waals surface area (Å²) in [5, 5.41) is 12.3. The first-order valence-electron chi connectivity index (χ1n) is 22.3. The number of anilines is 6. The summed E-state index contributed by atoms with van der Waals surface area (Å²) in [4.78, 5) is 57.6. The van der Waals surface area contributed by atoms with Crippen LogP contribution in [0, 0.1) is 26.6 Å². The first kappa shape index (κ1) is 46.8. The Morgan fingerprint density at radius 2 is 0.803 bits per heavy atom. The van der Waals surface area contributed by atoms with Gasteiger partial charge in [0, 0.05) is 37.9 Å². The van der Waals surface area contributed by atoms with Crippen LogP contribution in [0.2, 0.25) is 5.02 Å². The molecule has 0 atom stereocenters. The van der Waals surface area contributed by atoms with Gasteiger partial charge in [-0.1, -0.05) is 83.9 Å². The van der Waals surface area contributed by atoms with Crippen molar-refractivity contribution in [2.24, 2.45) is 15.0 Å². The number of rotatable bonds is 6. The highest BCUT2D eigenvalue weighted by molar-refractivity contribution is 7.09. The summed E-state index contributed by atoms with van der Waals surface area (Å²) in [5.74, 6) is -0.753. The molecule has 3 aliphatic heterocycles. The number of amides is 3. The Hall–Kier alpha value is -7.94. The minimum atomic E-state index is -0.359. The molecule has 0 N–H and O–H groups in total. The topological polar surface area (TPSA) is 98.0 Å². The van der Waals surface area contributed by atoms with Crippen molar-refractivity contribution in [1.82, 2.24) is 0 Å². The molecule has 0 bridgehead atoms. The molecule has 348 valence electrons. The van der Waals surface area contributed by atoms with Gasteiger partial charge in [-0.3, -0.25) is 29.1 Å². The van der Waals surface area contributed by atoms with Gasteiger partial charge in [-0.25, -0.2) is 19.4 Å². The third kappa shape index (κ3) is 9.68. The molecule has 14 heteroatoms. The van der Waals surface area contributed by atoms with E-state index in [0.29, 0.717) is 33.5 Å². The number of fused-ring (bicyclic) bond motifs is 3. The van der Waals surface area contributed by atoms with Crippen molar-refractivity contribution < 1.29 is 18.8 Å². The van der Waals surface area contributed by atoms with Crippen LogP contribution in [-0.2, 0) is 14.4 Å². The van der Waals surface area contributed by atoms with Crippen molar-refractivity contribution in [2.45, 2.75) is 20.8 Å². The van der Waals surface area contributed by atoms with E-state index in [-0.39, 0.29) is 23.5 Å². The summed E-state index contributed by atoms with van der Waals surface area (Å²) in [5.41, 5.74) is 13.7. The largest absolute Gasteiger partial charge is 0.282 e. The average molecular weight is 1010 g/mol. The van der Waals surface area contributed by atoms with Crippen molar-refractivity contribution in [3.05, 3.63) is 228 Å². The highest BCUT2D eigenvalue weighted by Crippen LogP contribution is 2.40. The molecule has 6 heterocycles. The van der Waals surface area contributed by atoms with Crippen LogP contribution in [0.3, 0.4) is 0 Å². The molecule has 0 radical (unpaired) electrons. The molecule has 3 aliphatic rings. The summed E-state index contributed by atoms with van der Waals surface area (Å²) < 4.78 is 13.6. The minimum absolute atomic E-state index is 0.0785. The second kappa shape index (κ2) is 20.2. The Balaban J connectivity index is 0.000000123. The molecule has 3 aromatic heterocycles. The maximum atomic E-state index is 13.6. The van der Waals surface area contributed by atoms with Gasteiger partial charge in [-0.15, -0.1) is 0 Å². The maximum Gasteiger partial charge on any atom is 0.282 e. The molecular weight excluding hydrogens is 967 g/mol. The summed E-state index contributed by atoms with van der Waals surface area (Å²) in [6.45, 7) is 5.79. The van der Waals surface area contributed by atoms with Crippen LogP contribution < -0.4 is 14.7 Å². The molecule has 0 spiro atoms. The fraction of sp³-hybridized carbons (Fsp3) is 0.0526.